The van der Waals surface area contributed by atoms with Crippen LogP contribution in [0, 0.1) is 0 Å². The molecule has 0 saturated heterocycles. The Labute approximate surface area is 77.6 Å². The van der Waals surface area contributed by atoms with E-state index in [9.17, 15) is 13.2 Å². The lowest BCUT2D eigenvalue weighted by molar-refractivity contribution is -0.149. The number of nitrogens with two attached hydrogens (primary N) is 1. The summed E-state index contributed by atoms with van der Waals surface area (Å²) in [6.07, 6.45) is -4.65. The lowest BCUT2D eigenvalue weighted by Crippen LogP contribution is -2.28. The Bertz CT molecular complexity index is 338. The molecule has 0 radical (unpaired) electrons. The van der Waals surface area contributed by atoms with E-state index in [0.29, 0.717) is 0 Å². The quantitative estimate of drug-likeness (QED) is 0.613. The molecule has 1 unspecified atom stereocenters. The number of hydrogen-bond donors (Lipinski definition) is 3. The van der Waals surface area contributed by atoms with Crippen molar-refractivity contribution in [2.24, 2.45) is 5.73 Å². The van der Waals surface area contributed by atoms with Crippen LogP contribution in [0.25, 0.3) is 0 Å². The third kappa shape index (κ3) is 1.90. The Morgan fingerprint density at radius 2 is 1.79 bits per heavy atom. The number of hydrogen-bond acceptors (Lipinski definition) is 3. The molecule has 0 aliphatic heterocycles. The summed E-state index contributed by atoms with van der Waals surface area (Å²) in [5, 5.41) is 18.0. The van der Waals surface area contributed by atoms with Crippen molar-refractivity contribution in [2.75, 3.05) is 0 Å². The SMILES string of the molecule is NC(c1cccc(O)c1O)C(F)(F)F. The summed E-state index contributed by atoms with van der Waals surface area (Å²) in [7, 11) is 0. The Morgan fingerprint density at radius 1 is 1.21 bits per heavy atom. The molecule has 0 aromatic heterocycles. The van der Waals surface area contributed by atoms with Gasteiger partial charge in [-0.3, -0.25) is 0 Å². The zero-order valence-electron chi connectivity index (χ0n) is 6.92. The molecule has 0 saturated carbocycles. The van der Waals surface area contributed by atoms with Gasteiger partial charge in [0.15, 0.2) is 11.5 Å². The van der Waals surface area contributed by atoms with Gasteiger partial charge in [-0.15, -0.1) is 0 Å². The molecule has 0 aliphatic rings. The second-order valence-electron chi connectivity index (χ2n) is 2.73. The van der Waals surface area contributed by atoms with Crippen LogP contribution in [0.15, 0.2) is 18.2 Å². The number of phenols is 2. The van der Waals surface area contributed by atoms with Crippen molar-refractivity contribution in [1.82, 2.24) is 0 Å². The van der Waals surface area contributed by atoms with Gasteiger partial charge in [0.2, 0.25) is 0 Å². The molecule has 1 atom stereocenters. The molecule has 0 aliphatic carbocycles. The first kappa shape index (κ1) is 10.6. The van der Waals surface area contributed by atoms with Crippen LogP contribution < -0.4 is 5.73 Å². The second kappa shape index (κ2) is 3.38. The maximum atomic E-state index is 12.1. The van der Waals surface area contributed by atoms with E-state index in [1.807, 2.05) is 0 Å². The standard InChI is InChI=1S/C8H8F3NO2/c9-8(10,11)7(12)4-2-1-3-5(13)6(4)14/h1-3,7,13-14H,12H2. The molecule has 0 spiro atoms. The molecule has 78 valence electrons. The van der Waals surface area contributed by atoms with Crippen LogP contribution in [0.2, 0.25) is 0 Å². The maximum absolute atomic E-state index is 12.1. The van der Waals surface area contributed by atoms with Gasteiger partial charge in [-0.25, -0.2) is 0 Å². The maximum Gasteiger partial charge on any atom is 0.407 e. The van der Waals surface area contributed by atoms with Crippen molar-refractivity contribution in [3.05, 3.63) is 23.8 Å². The van der Waals surface area contributed by atoms with E-state index in [4.69, 9.17) is 15.9 Å². The number of phenolic OH excluding ortho intramolecular Hbond substituents is 2. The van der Waals surface area contributed by atoms with Gasteiger partial charge in [0.1, 0.15) is 6.04 Å². The van der Waals surface area contributed by atoms with Crippen molar-refractivity contribution >= 4 is 0 Å². The van der Waals surface area contributed by atoms with E-state index < -0.39 is 29.3 Å². The fourth-order valence-corrected chi connectivity index (χ4v) is 0.976. The van der Waals surface area contributed by atoms with Gasteiger partial charge in [-0.05, 0) is 6.07 Å². The van der Waals surface area contributed by atoms with Crippen molar-refractivity contribution in [2.45, 2.75) is 12.2 Å². The fourth-order valence-electron chi connectivity index (χ4n) is 0.976. The third-order valence-electron chi connectivity index (χ3n) is 1.73. The molecule has 1 aromatic rings. The molecule has 6 heteroatoms. The third-order valence-corrected chi connectivity index (χ3v) is 1.73. The van der Waals surface area contributed by atoms with Crippen LogP contribution in [0.5, 0.6) is 11.5 Å². The van der Waals surface area contributed by atoms with E-state index in [1.165, 1.54) is 6.07 Å². The molecule has 1 rings (SSSR count). The van der Waals surface area contributed by atoms with Gasteiger partial charge in [-0.2, -0.15) is 13.2 Å². The molecule has 0 heterocycles. The Kier molecular flexibility index (Phi) is 2.57. The predicted molar refractivity (Wildman–Crippen MR) is 42.8 cm³/mol. The summed E-state index contributed by atoms with van der Waals surface area (Å²) in [6, 6.07) is 0.958. The van der Waals surface area contributed by atoms with Gasteiger partial charge < -0.3 is 15.9 Å². The number of para-hydroxylation sites is 1. The van der Waals surface area contributed by atoms with Gasteiger partial charge in [0.25, 0.3) is 0 Å². The molecular formula is C8H8F3NO2. The number of alkyl halides is 3. The van der Waals surface area contributed by atoms with Gasteiger partial charge >= 0.3 is 6.18 Å². The van der Waals surface area contributed by atoms with Gasteiger partial charge in [-0.1, -0.05) is 12.1 Å². The first-order valence-corrected chi connectivity index (χ1v) is 3.67. The Hall–Kier alpha value is -1.43. The average Bonchev–Trinajstić information content (AvgIpc) is 2.07. The Morgan fingerprint density at radius 3 is 2.29 bits per heavy atom. The number of rotatable bonds is 1. The number of aromatic hydroxyl groups is 2. The summed E-state index contributed by atoms with van der Waals surface area (Å²) in [5.74, 6) is -1.46. The van der Waals surface area contributed by atoms with Crippen molar-refractivity contribution < 1.29 is 23.4 Å². The van der Waals surface area contributed by atoms with Crippen LogP contribution in [-0.2, 0) is 0 Å². The van der Waals surface area contributed by atoms with E-state index >= 15 is 0 Å². The molecule has 0 bridgehead atoms. The number of benzene rings is 1. The van der Waals surface area contributed by atoms with Gasteiger partial charge in [0.05, 0.1) is 0 Å². The van der Waals surface area contributed by atoms with E-state index in [-0.39, 0.29) is 0 Å². The van der Waals surface area contributed by atoms with Crippen molar-refractivity contribution in [3.63, 3.8) is 0 Å². The molecular weight excluding hydrogens is 199 g/mol. The van der Waals surface area contributed by atoms with Crippen LogP contribution >= 0.6 is 0 Å². The van der Waals surface area contributed by atoms with Gasteiger partial charge in [0, 0.05) is 5.56 Å². The first-order chi connectivity index (χ1) is 6.34. The predicted octanol–water partition coefficient (Wildman–Crippen LogP) is 1.66. The molecule has 14 heavy (non-hydrogen) atoms. The highest BCUT2D eigenvalue weighted by Gasteiger charge is 2.39. The van der Waals surface area contributed by atoms with Crippen LogP contribution in [-0.4, -0.2) is 16.4 Å². The van der Waals surface area contributed by atoms with Crippen LogP contribution in [0.3, 0.4) is 0 Å². The lowest BCUT2D eigenvalue weighted by Gasteiger charge is -2.17. The van der Waals surface area contributed by atoms with E-state index in [2.05, 4.69) is 0 Å². The molecule has 4 N–H and O–H groups in total. The Balaban J connectivity index is 3.14. The summed E-state index contributed by atoms with van der Waals surface area (Å²) in [4.78, 5) is 0. The monoisotopic (exact) mass is 207 g/mol. The topological polar surface area (TPSA) is 66.5 Å². The highest BCUT2D eigenvalue weighted by molar-refractivity contribution is 5.46. The smallest absolute Gasteiger partial charge is 0.407 e. The van der Waals surface area contributed by atoms with E-state index in [1.54, 1.807) is 0 Å². The zero-order valence-corrected chi connectivity index (χ0v) is 6.92. The normalized spacial score (nSPS) is 14.0. The molecule has 1 aromatic carbocycles. The fraction of sp³-hybridized carbons (Fsp3) is 0.250. The van der Waals surface area contributed by atoms with Crippen molar-refractivity contribution in [1.29, 1.82) is 0 Å². The molecule has 0 fully saturated rings. The summed E-state index contributed by atoms with van der Waals surface area (Å²) < 4.78 is 36.4. The molecule has 0 amide bonds. The zero-order chi connectivity index (χ0) is 10.9. The van der Waals surface area contributed by atoms with Crippen molar-refractivity contribution in [3.8, 4) is 11.5 Å². The summed E-state index contributed by atoms with van der Waals surface area (Å²) in [6.45, 7) is 0. The van der Waals surface area contributed by atoms with E-state index in [0.717, 1.165) is 12.1 Å². The summed E-state index contributed by atoms with van der Waals surface area (Å²) >= 11 is 0. The van der Waals surface area contributed by atoms with Crippen LogP contribution in [0.1, 0.15) is 11.6 Å². The minimum atomic E-state index is -4.65. The molecule has 3 nitrogen and oxygen atoms in total. The lowest BCUT2D eigenvalue weighted by atomic mass is 10.1. The summed E-state index contributed by atoms with van der Waals surface area (Å²) in [5.41, 5.74) is 4.30. The largest absolute Gasteiger partial charge is 0.504 e. The first-order valence-electron chi connectivity index (χ1n) is 3.67. The second-order valence-corrected chi connectivity index (χ2v) is 2.73. The number of halogens is 3. The average molecular weight is 207 g/mol. The van der Waals surface area contributed by atoms with Crippen LogP contribution in [0.4, 0.5) is 13.2 Å². The minimum Gasteiger partial charge on any atom is -0.504 e. The highest BCUT2D eigenvalue weighted by Crippen LogP contribution is 2.38. The highest BCUT2D eigenvalue weighted by atomic mass is 19.4. The minimum absolute atomic E-state index is 0.544.